The van der Waals surface area contributed by atoms with Crippen LogP contribution in [0.4, 0.5) is 16.2 Å². The topological polar surface area (TPSA) is 176 Å². The summed E-state index contributed by atoms with van der Waals surface area (Å²) >= 11 is 6.31. The van der Waals surface area contributed by atoms with E-state index in [1.807, 2.05) is 0 Å². The van der Waals surface area contributed by atoms with Crippen molar-refractivity contribution in [3.05, 3.63) is 36.7 Å². The van der Waals surface area contributed by atoms with Crippen molar-refractivity contribution in [2.24, 2.45) is 0 Å². The average molecular weight is 682 g/mol. The van der Waals surface area contributed by atoms with Gasteiger partial charge in [-0.05, 0) is 58.6 Å². The summed E-state index contributed by atoms with van der Waals surface area (Å²) in [5.74, 6) is -0.402. The SMILES string of the molecule is CC(C)OC(=O)[C@H](C)N[P@](=O)(OC[C@@]1(CCl)O[C@@H](n2cnc3c(N(C4CC4)C4CC4)nc(N)nc32)[C@H](F)[C@@H]1O)Oc1ccccc1. The monoisotopic (exact) mass is 681 g/mol. The normalized spacial score (nSPS) is 26.6. The van der Waals surface area contributed by atoms with Gasteiger partial charge in [-0.3, -0.25) is 13.9 Å². The molecule has 0 unspecified atom stereocenters. The Bertz CT molecular complexity index is 1600. The first-order valence-corrected chi connectivity index (χ1v) is 17.3. The molecule has 0 spiro atoms. The number of hydrogen-bond acceptors (Lipinski definition) is 12. The summed E-state index contributed by atoms with van der Waals surface area (Å²) in [6.07, 6.45) is -0.200. The van der Waals surface area contributed by atoms with Crippen LogP contribution in [0, 0.1) is 0 Å². The van der Waals surface area contributed by atoms with E-state index >= 15 is 4.39 Å². The number of alkyl halides is 2. The molecule has 0 radical (unpaired) electrons. The molecule has 4 N–H and O–H groups in total. The molecule has 3 fully saturated rings. The van der Waals surface area contributed by atoms with Crippen LogP contribution in [0.25, 0.3) is 11.2 Å². The van der Waals surface area contributed by atoms with Gasteiger partial charge in [-0.25, -0.2) is 13.9 Å². The summed E-state index contributed by atoms with van der Waals surface area (Å²) < 4.78 is 54.1. The van der Waals surface area contributed by atoms with Crippen LogP contribution >= 0.6 is 19.3 Å². The third-order valence-electron chi connectivity index (χ3n) is 8.02. The minimum Gasteiger partial charge on any atom is -0.462 e. The second-order valence-corrected chi connectivity index (χ2v) is 14.2. The lowest BCUT2D eigenvalue weighted by Gasteiger charge is -2.31. The molecule has 6 atom stereocenters. The number of halogens is 2. The molecule has 17 heteroatoms. The molecule has 14 nitrogen and oxygen atoms in total. The number of nitrogen functional groups attached to an aromatic ring is 1. The highest BCUT2D eigenvalue weighted by Crippen LogP contribution is 2.49. The largest absolute Gasteiger partial charge is 0.462 e. The van der Waals surface area contributed by atoms with Gasteiger partial charge in [0.05, 0.1) is 24.9 Å². The van der Waals surface area contributed by atoms with Gasteiger partial charge in [0.2, 0.25) is 5.95 Å². The Morgan fingerprint density at radius 2 is 1.91 bits per heavy atom. The molecule has 2 saturated carbocycles. The molecule has 1 aliphatic heterocycles. The van der Waals surface area contributed by atoms with E-state index in [9.17, 15) is 14.5 Å². The number of nitrogens with one attached hydrogen (secondary N) is 1. The Morgan fingerprint density at radius 1 is 1.24 bits per heavy atom. The van der Waals surface area contributed by atoms with Crippen LogP contribution in [0.5, 0.6) is 5.75 Å². The Morgan fingerprint density at radius 3 is 2.52 bits per heavy atom. The number of esters is 1. The van der Waals surface area contributed by atoms with E-state index in [2.05, 4.69) is 24.9 Å². The maximum Gasteiger partial charge on any atom is 0.459 e. The van der Waals surface area contributed by atoms with Crippen molar-refractivity contribution in [3.63, 3.8) is 0 Å². The van der Waals surface area contributed by atoms with Gasteiger partial charge in [-0.1, -0.05) is 18.2 Å². The number of carbonyl (C=O) groups is 1. The highest BCUT2D eigenvalue weighted by Gasteiger charge is 2.57. The number of nitrogens with two attached hydrogens (primary N) is 1. The first-order valence-electron chi connectivity index (χ1n) is 15.3. The zero-order valence-corrected chi connectivity index (χ0v) is 27.3. The Balaban J connectivity index is 1.26. The van der Waals surface area contributed by atoms with Crippen molar-refractivity contribution in [1.82, 2.24) is 24.6 Å². The van der Waals surface area contributed by atoms with Gasteiger partial charge in [0.15, 0.2) is 29.4 Å². The molecule has 3 aliphatic rings. The molecule has 1 saturated heterocycles. The van der Waals surface area contributed by atoms with Gasteiger partial charge in [0.25, 0.3) is 0 Å². The second-order valence-electron chi connectivity index (χ2n) is 12.2. The first kappa shape index (κ1) is 32.9. The van der Waals surface area contributed by atoms with E-state index in [1.165, 1.54) is 17.8 Å². The van der Waals surface area contributed by atoms with Crippen molar-refractivity contribution in [2.75, 3.05) is 23.1 Å². The number of benzene rings is 1. The summed E-state index contributed by atoms with van der Waals surface area (Å²) in [4.78, 5) is 28.1. The third-order valence-corrected chi connectivity index (χ3v) is 10.1. The predicted octanol–water partition coefficient (Wildman–Crippen LogP) is 3.88. The molecule has 2 aliphatic carbocycles. The lowest BCUT2D eigenvalue weighted by atomic mass is 9.99. The van der Waals surface area contributed by atoms with Crippen LogP contribution < -0.4 is 20.2 Å². The number of fused-ring (bicyclic) bond motifs is 1. The minimum absolute atomic E-state index is 0.00775. The lowest BCUT2D eigenvalue weighted by molar-refractivity contribution is -0.149. The van der Waals surface area contributed by atoms with Crippen LogP contribution in [0.1, 0.15) is 52.7 Å². The number of aliphatic hydroxyl groups excluding tert-OH is 1. The van der Waals surface area contributed by atoms with Gasteiger partial charge in [0.1, 0.15) is 23.5 Å². The highest BCUT2D eigenvalue weighted by molar-refractivity contribution is 7.52. The molecule has 3 heterocycles. The van der Waals surface area contributed by atoms with E-state index in [4.69, 9.17) is 35.9 Å². The quantitative estimate of drug-likeness (QED) is 0.127. The molecule has 2 aromatic heterocycles. The van der Waals surface area contributed by atoms with Gasteiger partial charge in [-0.15, -0.1) is 11.6 Å². The van der Waals surface area contributed by atoms with Crippen molar-refractivity contribution < 1.29 is 37.4 Å². The molecule has 3 aromatic rings. The standard InChI is InChI=1S/C29H38ClFN7O7P/c1-16(2)43-27(40)17(3)36-46(41,45-20-7-5-4-6-8-20)42-14-29(13-30)23(39)21(31)26(44-29)37-15-33-22-24(37)34-28(32)35-25(22)38(18-9-10-18)19-11-12-19/h4-8,15-19,21,23,26,39H,9-14H2,1-3H3,(H,36,41)(H2,32,34,35)/t17-,21+,23-,26+,29+,46-/m0/s1. The molecule has 6 rings (SSSR count). The van der Waals surface area contributed by atoms with E-state index in [0.29, 0.717) is 23.4 Å². The minimum atomic E-state index is -4.38. The number of nitrogens with zero attached hydrogens (tertiary/aromatic N) is 5. The fraction of sp³-hybridized carbons (Fsp3) is 0.586. The first-order chi connectivity index (χ1) is 21.9. The summed E-state index contributed by atoms with van der Waals surface area (Å²) in [6.45, 7) is 4.11. The molecule has 0 bridgehead atoms. The molecular formula is C29H38ClFN7O7P. The fourth-order valence-corrected chi connectivity index (χ4v) is 7.31. The van der Waals surface area contributed by atoms with Crippen molar-refractivity contribution >= 4 is 48.2 Å². The summed E-state index contributed by atoms with van der Waals surface area (Å²) in [7, 11) is -4.38. The third kappa shape index (κ3) is 6.67. The fourth-order valence-electron chi connectivity index (χ4n) is 5.46. The maximum absolute atomic E-state index is 16.0. The molecule has 0 amide bonds. The maximum atomic E-state index is 16.0. The molecule has 1 aromatic carbocycles. The number of anilines is 2. The Labute approximate surface area is 270 Å². The van der Waals surface area contributed by atoms with Crippen molar-refractivity contribution in [1.29, 1.82) is 0 Å². The number of aromatic nitrogens is 4. The number of aliphatic hydroxyl groups is 1. The Kier molecular flexibility index (Phi) is 9.18. The van der Waals surface area contributed by atoms with Crippen LogP contribution in [0.15, 0.2) is 36.7 Å². The lowest BCUT2D eigenvalue weighted by Crippen LogP contribution is -2.48. The van der Waals surface area contributed by atoms with Gasteiger partial charge < -0.3 is 29.7 Å². The number of imidazole rings is 1. The molecular weight excluding hydrogens is 644 g/mol. The van der Waals surface area contributed by atoms with E-state index in [0.717, 1.165) is 25.7 Å². The summed E-state index contributed by atoms with van der Waals surface area (Å²) in [5.41, 5.74) is 4.89. The van der Waals surface area contributed by atoms with Crippen molar-refractivity contribution in [2.45, 2.75) is 94.8 Å². The smallest absolute Gasteiger partial charge is 0.459 e. The molecule has 46 heavy (non-hydrogen) atoms. The zero-order chi connectivity index (χ0) is 32.8. The van der Waals surface area contributed by atoms with Gasteiger partial charge in [-0.2, -0.15) is 15.1 Å². The van der Waals surface area contributed by atoms with E-state index in [1.54, 1.807) is 44.2 Å². The average Bonchev–Trinajstić information content (AvgIpc) is 3.96. The number of rotatable bonds is 14. The number of para-hydroxylation sites is 1. The predicted molar refractivity (Wildman–Crippen MR) is 167 cm³/mol. The second kappa shape index (κ2) is 12.9. The van der Waals surface area contributed by atoms with Gasteiger partial charge >= 0.3 is 13.7 Å². The van der Waals surface area contributed by atoms with Crippen LogP contribution in [0.2, 0.25) is 0 Å². The Hall–Kier alpha value is -3.07. The summed E-state index contributed by atoms with van der Waals surface area (Å²) in [6, 6.07) is 7.69. The highest BCUT2D eigenvalue weighted by atomic mass is 35.5. The number of ether oxygens (including phenoxy) is 2. The number of carbonyl (C=O) groups excluding carboxylic acids is 1. The summed E-state index contributed by atoms with van der Waals surface area (Å²) in [5, 5.41) is 13.7. The van der Waals surface area contributed by atoms with Crippen LogP contribution in [0.3, 0.4) is 0 Å². The molecule has 250 valence electrons. The zero-order valence-electron chi connectivity index (χ0n) is 25.7. The van der Waals surface area contributed by atoms with E-state index < -0.39 is 62.5 Å². The van der Waals surface area contributed by atoms with Crippen molar-refractivity contribution in [3.8, 4) is 5.75 Å². The van der Waals surface area contributed by atoms with E-state index in [-0.39, 0.29) is 17.3 Å². The number of hydrogen-bond donors (Lipinski definition) is 3. The van der Waals surface area contributed by atoms with Crippen LogP contribution in [-0.4, -0.2) is 85.2 Å². The van der Waals surface area contributed by atoms with Gasteiger partial charge in [0, 0.05) is 12.1 Å². The van der Waals surface area contributed by atoms with Crippen LogP contribution in [-0.2, 0) is 23.4 Å².